The smallest absolute Gasteiger partial charge is 0.258 e. The highest BCUT2D eigenvalue weighted by atomic mass is 32.1. The number of ether oxygens (including phenoxy) is 1. The van der Waals surface area contributed by atoms with E-state index in [2.05, 4.69) is 17.2 Å². The molecule has 1 N–H and O–H groups in total. The van der Waals surface area contributed by atoms with E-state index in [1.54, 1.807) is 6.92 Å². The minimum absolute atomic E-state index is 0.0212. The van der Waals surface area contributed by atoms with Crippen molar-refractivity contribution in [1.29, 1.82) is 0 Å². The summed E-state index contributed by atoms with van der Waals surface area (Å²) < 4.78 is 5.62. The fourth-order valence-corrected chi connectivity index (χ4v) is 4.44. The molecule has 5 nitrogen and oxygen atoms in total. The Labute approximate surface area is 164 Å². The molecular formula is C21H26N2O3S. The van der Waals surface area contributed by atoms with Crippen LogP contribution in [0.4, 0.5) is 0 Å². The average molecular weight is 387 g/mol. The lowest BCUT2D eigenvalue weighted by molar-refractivity contribution is -0.124. The lowest BCUT2D eigenvalue weighted by Gasteiger charge is -2.29. The van der Waals surface area contributed by atoms with Crippen LogP contribution in [0.2, 0.25) is 0 Å². The lowest BCUT2D eigenvalue weighted by atomic mass is 9.86. The molecule has 0 radical (unpaired) electrons. The number of thiazole rings is 1. The molecule has 1 fully saturated rings. The van der Waals surface area contributed by atoms with Crippen LogP contribution in [0.15, 0.2) is 24.3 Å². The Morgan fingerprint density at radius 1 is 1.22 bits per heavy atom. The number of carbonyl (C=O) groups excluding carboxylic acids is 2. The van der Waals surface area contributed by atoms with Crippen LogP contribution >= 0.6 is 11.3 Å². The molecule has 1 heterocycles. The Morgan fingerprint density at radius 3 is 2.56 bits per heavy atom. The summed E-state index contributed by atoms with van der Waals surface area (Å²) in [5.74, 6) is 1.14. The van der Waals surface area contributed by atoms with E-state index in [0.29, 0.717) is 16.5 Å². The van der Waals surface area contributed by atoms with E-state index < -0.39 is 0 Å². The minimum atomic E-state index is -0.0699. The maximum absolute atomic E-state index is 12.1. The van der Waals surface area contributed by atoms with Gasteiger partial charge in [0.2, 0.25) is 0 Å². The largest absolute Gasteiger partial charge is 0.484 e. The second kappa shape index (κ2) is 8.65. The third-order valence-corrected chi connectivity index (χ3v) is 6.35. The molecule has 6 heteroatoms. The second-order valence-electron chi connectivity index (χ2n) is 7.24. The number of benzene rings is 1. The first-order valence-corrected chi connectivity index (χ1v) is 10.3. The van der Waals surface area contributed by atoms with E-state index in [9.17, 15) is 9.59 Å². The van der Waals surface area contributed by atoms with Crippen LogP contribution in [0.1, 0.15) is 54.9 Å². The maximum Gasteiger partial charge on any atom is 0.258 e. The molecule has 3 rings (SSSR count). The zero-order valence-electron chi connectivity index (χ0n) is 16.1. The van der Waals surface area contributed by atoms with Gasteiger partial charge in [0.1, 0.15) is 10.8 Å². The van der Waals surface area contributed by atoms with E-state index in [1.807, 2.05) is 31.2 Å². The van der Waals surface area contributed by atoms with Crippen molar-refractivity contribution >= 4 is 23.0 Å². The van der Waals surface area contributed by atoms with Crippen molar-refractivity contribution in [1.82, 2.24) is 10.3 Å². The Balaban J connectivity index is 1.55. The topological polar surface area (TPSA) is 68.3 Å². The predicted octanol–water partition coefficient (Wildman–Crippen LogP) is 4.39. The number of carbonyl (C=O) groups is 2. The van der Waals surface area contributed by atoms with E-state index >= 15 is 0 Å². The molecule has 1 aromatic carbocycles. The molecule has 0 saturated heterocycles. The highest BCUT2D eigenvalue weighted by Gasteiger charge is 2.22. The summed E-state index contributed by atoms with van der Waals surface area (Å²) >= 11 is 1.40. The van der Waals surface area contributed by atoms with Gasteiger partial charge in [0.25, 0.3) is 5.91 Å². The predicted molar refractivity (Wildman–Crippen MR) is 107 cm³/mol. The van der Waals surface area contributed by atoms with E-state index in [1.165, 1.54) is 30.6 Å². The van der Waals surface area contributed by atoms with Gasteiger partial charge in [-0.25, -0.2) is 4.98 Å². The number of hydrogen-bond donors (Lipinski definition) is 1. The fourth-order valence-electron chi connectivity index (χ4n) is 3.47. The van der Waals surface area contributed by atoms with Crippen molar-refractivity contribution < 1.29 is 14.3 Å². The van der Waals surface area contributed by atoms with Gasteiger partial charge in [0.15, 0.2) is 12.4 Å². The summed E-state index contributed by atoms with van der Waals surface area (Å²) in [4.78, 5) is 28.9. The van der Waals surface area contributed by atoms with Gasteiger partial charge in [0, 0.05) is 18.5 Å². The van der Waals surface area contributed by atoms with Crippen molar-refractivity contribution in [3.05, 3.63) is 34.8 Å². The summed E-state index contributed by atoms with van der Waals surface area (Å²) in [5, 5.41) is 3.90. The number of rotatable bonds is 6. The molecule has 144 valence electrons. The molecule has 0 unspecified atom stereocenters. The van der Waals surface area contributed by atoms with Crippen LogP contribution in [-0.4, -0.2) is 29.3 Å². The van der Waals surface area contributed by atoms with Crippen molar-refractivity contribution in [2.24, 2.45) is 5.92 Å². The van der Waals surface area contributed by atoms with Crippen LogP contribution in [0, 0.1) is 12.8 Å². The summed E-state index contributed by atoms with van der Waals surface area (Å²) in [7, 11) is 0. The standard InChI is InChI=1S/C21H26N2O3S/c1-13-6-4-5-7-18(13)23-19(25)12-26-17-10-8-16(9-11-17)21-22-14(2)20(27-21)15(3)24/h8-11,13,18H,4-7,12H2,1-3H3,(H,23,25)/t13-,18+/m1/s1. The number of Topliss-reactive ketones (excluding diaryl/α,β-unsaturated/α-hetero) is 1. The average Bonchev–Trinajstić information content (AvgIpc) is 3.04. The lowest BCUT2D eigenvalue weighted by Crippen LogP contribution is -2.43. The van der Waals surface area contributed by atoms with Crippen molar-refractivity contribution in [2.75, 3.05) is 6.61 Å². The van der Waals surface area contributed by atoms with Gasteiger partial charge in [-0.3, -0.25) is 9.59 Å². The van der Waals surface area contributed by atoms with Crippen LogP contribution in [0.3, 0.4) is 0 Å². The third-order valence-electron chi connectivity index (χ3n) is 5.05. The first kappa shape index (κ1) is 19.5. The van der Waals surface area contributed by atoms with Crippen LogP contribution in [-0.2, 0) is 4.79 Å². The van der Waals surface area contributed by atoms with Gasteiger partial charge in [-0.05, 0) is 49.9 Å². The van der Waals surface area contributed by atoms with Gasteiger partial charge in [-0.15, -0.1) is 11.3 Å². The summed E-state index contributed by atoms with van der Waals surface area (Å²) in [6, 6.07) is 7.73. The maximum atomic E-state index is 12.1. The molecule has 1 aliphatic rings. The van der Waals surface area contributed by atoms with Crippen molar-refractivity contribution in [3.63, 3.8) is 0 Å². The van der Waals surface area contributed by atoms with Gasteiger partial charge in [0.05, 0.1) is 10.6 Å². The highest BCUT2D eigenvalue weighted by Crippen LogP contribution is 2.29. The molecular weight excluding hydrogens is 360 g/mol. The first-order valence-electron chi connectivity index (χ1n) is 9.45. The molecule has 27 heavy (non-hydrogen) atoms. The number of nitrogens with zero attached hydrogens (tertiary/aromatic N) is 1. The number of aryl methyl sites for hydroxylation is 1. The third kappa shape index (κ3) is 4.95. The Bertz CT molecular complexity index is 813. The number of ketones is 1. The molecule has 2 atom stereocenters. The Kier molecular flexibility index (Phi) is 6.26. The molecule has 0 spiro atoms. The zero-order valence-corrected chi connectivity index (χ0v) is 16.9. The van der Waals surface area contributed by atoms with Crippen molar-refractivity contribution in [3.8, 4) is 16.3 Å². The van der Waals surface area contributed by atoms with E-state index in [-0.39, 0.29) is 24.3 Å². The SMILES string of the molecule is CC(=O)c1sc(-c2ccc(OCC(=O)N[C@H]3CCCC[C@H]3C)cc2)nc1C. The summed E-state index contributed by atoms with van der Waals surface area (Å²) in [6.45, 7) is 5.62. The minimum Gasteiger partial charge on any atom is -0.484 e. The van der Waals surface area contributed by atoms with Crippen LogP contribution in [0.5, 0.6) is 5.75 Å². The summed E-state index contributed by atoms with van der Waals surface area (Å²) in [5.41, 5.74) is 1.69. The fraction of sp³-hybridized carbons (Fsp3) is 0.476. The van der Waals surface area contributed by atoms with E-state index in [0.717, 1.165) is 22.7 Å². The number of hydrogen-bond acceptors (Lipinski definition) is 5. The van der Waals surface area contributed by atoms with Gasteiger partial charge < -0.3 is 10.1 Å². The number of amides is 1. The molecule has 0 aliphatic heterocycles. The molecule has 1 aliphatic carbocycles. The zero-order chi connectivity index (χ0) is 19.4. The number of aromatic nitrogens is 1. The molecule has 2 aromatic rings. The monoisotopic (exact) mass is 386 g/mol. The first-order chi connectivity index (χ1) is 12.9. The normalized spacial score (nSPS) is 19.5. The Hall–Kier alpha value is -2.21. The highest BCUT2D eigenvalue weighted by molar-refractivity contribution is 7.17. The van der Waals surface area contributed by atoms with Crippen LogP contribution in [0.25, 0.3) is 10.6 Å². The molecule has 1 saturated carbocycles. The second-order valence-corrected chi connectivity index (χ2v) is 8.24. The molecule has 1 aromatic heterocycles. The van der Waals surface area contributed by atoms with E-state index in [4.69, 9.17) is 4.74 Å². The summed E-state index contributed by atoms with van der Waals surface area (Å²) in [6.07, 6.45) is 4.66. The van der Waals surface area contributed by atoms with Gasteiger partial charge in [-0.2, -0.15) is 0 Å². The number of nitrogens with one attached hydrogen (secondary N) is 1. The van der Waals surface area contributed by atoms with Gasteiger partial charge >= 0.3 is 0 Å². The Morgan fingerprint density at radius 2 is 1.93 bits per heavy atom. The quantitative estimate of drug-likeness (QED) is 0.748. The van der Waals surface area contributed by atoms with Crippen molar-refractivity contribution in [2.45, 2.75) is 52.5 Å². The van der Waals surface area contributed by atoms with Crippen LogP contribution < -0.4 is 10.1 Å². The molecule has 1 amide bonds. The molecule has 0 bridgehead atoms. The van der Waals surface area contributed by atoms with Gasteiger partial charge in [-0.1, -0.05) is 19.8 Å².